The standard InChI is InChI=1S/C17H18N2/c1-3-9-17(4-2)12-15-13(7-5-10-18-15)16-14(17)8-6-11-19-16/h3,5-8,10-11H,1,4,9,12H2,2H3. The molecule has 0 aromatic carbocycles. The smallest absolute Gasteiger partial charge is 0.0758 e. The number of pyridine rings is 2. The van der Waals surface area contributed by atoms with Crippen molar-refractivity contribution in [2.45, 2.75) is 31.6 Å². The molecule has 0 fully saturated rings. The SMILES string of the molecule is C=CCC1(CC)Cc2ncccc2-c2ncccc21. The van der Waals surface area contributed by atoms with Gasteiger partial charge in [0, 0.05) is 29.8 Å². The van der Waals surface area contributed by atoms with Gasteiger partial charge in [-0.1, -0.05) is 19.1 Å². The van der Waals surface area contributed by atoms with Crippen LogP contribution < -0.4 is 0 Å². The highest BCUT2D eigenvalue weighted by atomic mass is 14.7. The second-order valence-corrected chi connectivity index (χ2v) is 5.20. The van der Waals surface area contributed by atoms with Gasteiger partial charge in [-0.25, -0.2) is 0 Å². The summed E-state index contributed by atoms with van der Waals surface area (Å²) in [5, 5.41) is 0. The van der Waals surface area contributed by atoms with Crippen LogP contribution in [-0.4, -0.2) is 9.97 Å². The van der Waals surface area contributed by atoms with Crippen molar-refractivity contribution in [2.24, 2.45) is 0 Å². The molecule has 3 rings (SSSR count). The zero-order chi connectivity index (χ0) is 13.3. The number of allylic oxidation sites excluding steroid dienone is 1. The summed E-state index contributed by atoms with van der Waals surface area (Å²) in [6, 6.07) is 8.37. The Morgan fingerprint density at radius 3 is 2.84 bits per heavy atom. The molecule has 2 nitrogen and oxygen atoms in total. The lowest BCUT2D eigenvalue weighted by molar-refractivity contribution is 0.402. The van der Waals surface area contributed by atoms with Crippen LogP contribution in [0.3, 0.4) is 0 Å². The van der Waals surface area contributed by atoms with Gasteiger partial charge in [0.1, 0.15) is 0 Å². The van der Waals surface area contributed by atoms with Crippen molar-refractivity contribution in [3.05, 3.63) is 60.6 Å². The molecule has 0 radical (unpaired) electrons. The highest BCUT2D eigenvalue weighted by Gasteiger charge is 2.37. The van der Waals surface area contributed by atoms with Crippen molar-refractivity contribution in [1.82, 2.24) is 9.97 Å². The molecule has 0 saturated carbocycles. The molecule has 96 valence electrons. The zero-order valence-electron chi connectivity index (χ0n) is 11.3. The van der Waals surface area contributed by atoms with Crippen molar-refractivity contribution in [1.29, 1.82) is 0 Å². The normalized spacial score (nSPS) is 20.5. The third kappa shape index (κ3) is 1.79. The summed E-state index contributed by atoms with van der Waals surface area (Å²) in [6.07, 6.45) is 8.79. The van der Waals surface area contributed by atoms with Crippen molar-refractivity contribution < 1.29 is 0 Å². The summed E-state index contributed by atoms with van der Waals surface area (Å²) in [5.41, 5.74) is 4.90. The van der Waals surface area contributed by atoms with Gasteiger partial charge in [0.2, 0.25) is 0 Å². The molecular formula is C17H18N2. The Morgan fingerprint density at radius 2 is 2.05 bits per heavy atom. The molecule has 1 aliphatic rings. The number of aromatic nitrogens is 2. The first-order valence-electron chi connectivity index (χ1n) is 6.81. The molecule has 2 heterocycles. The number of rotatable bonds is 3. The van der Waals surface area contributed by atoms with Crippen molar-refractivity contribution in [2.75, 3.05) is 0 Å². The van der Waals surface area contributed by atoms with E-state index < -0.39 is 0 Å². The van der Waals surface area contributed by atoms with E-state index >= 15 is 0 Å². The van der Waals surface area contributed by atoms with Crippen LogP contribution in [0.1, 0.15) is 31.0 Å². The van der Waals surface area contributed by atoms with E-state index in [1.165, 1.54) is 11.1 Å². The van der Waals surface area contributed by atoms with Crippen LogP contribution in [0.2, 0.25) is 0 Å². The highest BCUT2D eigenvalue weighted by molar-refractivity contribution is 5.70. The summed E-state index contributed by atoms with van der Waals surface area (Å²) in [4.78, 5) is 9.18. The molecule has 0 N–H and O–H groups in total. The molecule has 2 aromatic heterocycles. The molecule has 0 spiro atoms. The quantitative estimate of drug-likeness (QED) is 0.771. The number of nitrogens with zero attached hydrogens (tertiary/aromatic N) is 2. The van der Waals surface area contributed by atoms with Crippen molar-refractivity contribution in [3.8, 4) is 11.3 Å². The van der Waals surface area contributed by atoms with Crippen molar-refractivity contribution in [3.63, 3.8) is 0 Å². The van der Waals surface area contributed by atoms with E-state index in [4.69, 9.17) is 0 Å². The van der Waals surface area contributed by atoms with Crippen molar-refractivity contribution >= 4 is 0 Å². The Hall–Kier alpha value is -1.96. The van der Waals surface area contributed by atoms with E-state index in [-0.39, 0.29) is 5.41 Å². The van der Waals surface area contributed by atoms with E-state index in [0.717, 1.165) is 30.7 Å². The molecule has 0 amide bonds. The molecule has 1 aliphatic carbocycles. The fraction of sp³-hybridized carbons (Fsp3) is 0.294. The second kappa shape index (κ2) is 4.61. The zero-order valence-corrected chi connectivity index (χ0v) is 11.3. The Balaban J connectivity index is 2.27. The predicted octanol–water partition coefficient (Wildman–Crippen LogP) is 3.92. The van der Waals surface area contributed by atoms with Crippen LogP contribution in [0.15, 0.2) is 49.3 Å². The van der Waals surface area contributed by atoms with Gasteiger partial charge in [-0.2, -0.15) is 0 Å². The van der Waals surface area contributed by atoms with E-state index in [9.17, 15) is 0 Å². The van der Waals surface area contributed by atoms with Gasteiger partial charge in [0.25, 0.3) is 0 Å². The Bertz CT molecular complexity index is 618. The molecule has 0 bridgehead atoms. The summed E-state index contributed by atoms with van der Waals surface area (Å²) >= 11 is 0. The molecule has 0 saturated heterocycles. The lowest BCUT2D eigenvalue weighted by atomic mass is 9.67. The summed E-state index contributed by atoms with van der Waals surface area (Å²) in [6.45, 7) is 6.18. The van der Waals surface area contributed by atoms with Crippen LogP contribution in [0, 0.1) is 0 Å². The Labute approximate surface area is 114 Å². The Kier molecular flexibility index (Phi) is 2.94. The molecular weight excluding hydrogens is 232 g/mol. The monoisotopic (exact) mass is 250 g/mol. The van der Waals surface area contributed by atoms with Gasteiger partial charge < -0.3 is 0 Å². The van der Waals surface area contributed by atoms with Crippen LogP contribution >= 0.6 is 0 Å². The first kappa shape index (κ1) is 12.1. The molecule has 2 aromatic rings. The van der Waals surface area contributed by atoms with E-state index in [1.807, 2.05) is 30.6 Å². The first-order valence-corrected chi connectivity index (χ1v) is 6.81. The average Bonchev–Trinajstić information content (AvgIpc) is 2.48. The van der Waals surface area contributed by atoms with Gasteiger partial charge in [-0.15, -0.1) is 6.58 Å². The van der Waals surface area contributed by atoms with E-state index in [2.05, 4.69) is 35.6 Å². The molecule has 2 heteroatoms. The second-order valence-electron chi connectivity index (χ2n) is 5.20. The van der Waals surface area contributed by atoms with Gasteiger partial charge in [0.05, 0.1) is 11.4 Å². The number of fused-ring (bicyclic) bond motifs is 3. The predicted molar refractivity (Wildman–Crippen MR) is 78.0 cm³/mol. The van der Waals surface area contributed by atoms with Gasteiger partial charge in [-0.3, -0.25) is 9.97 Å². The highest BCUT2D eigenvalue weighted by Crippen LogP contribution is 2.45. The minimum absolute atomic E-state index is 0.104. The Morgan fingerprint density at radius 1 is 1.26 bits per heavy atom. The summed E-state index contributed by atoms with van der Waals surface area (Å²) in [7, 11) is 0. The van der Waals surface area contributed by atoms with Gasteiger partial charge >= 0.3 is 0 Å². The molecule has 0 aliphatic heterocycles. The minimum Gasteiger partial charge on any atom is -0.261 e. The largest absolute Gasteiger partial charge is 0.261 e. The first-order chi connectivity index (χ1) is 9.30. The van der Waals surface area contributed by atoms with E-state index in [0.29, 0.717) is 0 Å². The molecule has 19 heavy (non-hydrogen) atoms. The summed E-state index contributed by atoms with van der Waals surface area (Å²) < 4.78 is 0. The van der Waals surface area contributed by atoms with Crippen LogP contribution in [-0.2, 0) is 11.8 Å². The molecule has 1 unspecified atom stereocenters. The lowest BCUT2D eigenvalue weighted by Crippen LogP contribution is -2.32. The average molecular weight is 250 g/mol. The fourth-order valence-corrected chi connectivity index (χ4v) is 3.18. The number of hydrogen-bond donors (Lipinski definition) is 0. The maximum atomic E-state index is 4.61. The van der Waals surface area contributed by atoms with Crippen LogP contribution in [0.5, 0.6) is 0 Å². The number of hydrogen-bond acceptors (Lipinski definition) is 2. The third-order valence-electron chi connectivity index (χ3n) is 4.24. The van der Waals surface area contributed by atoms with Gasteiger partial charge in [-0.05, 0) is 36.6 Å². The van der Waals surface area contributed by atoms with Gasteiger partial charge in [0.15, 0.2) is 0 Å². The van der Waals surface area contributed by atoms with Crippen LogP contribution in [0.4, 0.5) is 0 Å². The topological polar surface area (TPSA) is 25.8 Å². The van der Waals surface area contributed by atoms with Crippen LogP contribution in [0.25, 0.3) is 11.3 Å². The fourth-order valence-electron chi connectivity index (χ4n) is 3.18. The third-order valence-corrected chi connectivity index (χ3v) is 4.24. The minimum atomic E-state index is 0.104. The molecule has 1 atom stereocenters. The lowest BCUT2D eigenvalue weighted by Gasteiger charge is -2.37. The maximum absolute atomic E-state index is 4.61. The summed E-state index contributed by atoms with van der Waals surface area (Å²) in [5.74, 6) is 0. The maximum Gasteiger partial charge on any atom is 0.0758 e. The van der Waals surface area contributed by atoms with E-state index in [1.54, 1.807) is 0 Å².